The zero-order valence-electron chi connectivity index (χ0n) is 20.4. The quantitative estimate of drug-likeness (QED) is 0.299. The van der Waals surface area contributed by atoms with Gasteiger partial charge in [-0.05, 0) is 54.8 Å². The molecule has 38 heavy (non-hydrogen) atoms. The van der Waals surface area contributed by atoms with Crippen molar-refractivity contribution in [3.8, 4) is 11.5 Å². The fraction of sp³-hybridized carbons (Fsp3) is 0.269. The molecule has 0 saturated carbocycles. The van der Waals surface area contributed by atoms with E-state index in [-0.39, 0.29) is 28.3 Å². The summed E-state index contributed by atoms with van der Waals surface area (Å²) in [5, 5.41) is 7.68. The normalized spacial score (nSPS) is 16.1. The average Bonchev–Trinajstić information content (AvgIpc) is 3.27. The number of esters is 1. The molecule has 0 radical (unpaired) electrons. The van der Waals surface area contributed by atoms with E-state index in [0.29, 0.717) is 48.0 Å². The number of halogens is 2. The summed E-state index contributed by atoms with van der Waals surface area (Å²) in [7, 11) is 1.46. The lowest BCUT2D eigenvalue weighted by Gasteiger charge is -2.28. The van der Waals surface area contributed by atoms with E-state index in [1.54, 1.807) is 36.1 Å². The lowest BCUT2D eigenvalue weighted by atomic mass is 10.0. The Hall–Kier alpha value is -3.47. The van der Waals surface area contributed by atoms with Crippen LogP contribution in [0.2, 0.25) is 10.0 Å². The molecule has 5 rings (SSSR count). The molecule has 1 atom stereocenters. The van der Waals surface area contributed by atoms with Gasteiger partial charge in [-0.3, -0.25) is 4.79 Å². The average molecular weight is 576 g/mol. The molecule has 2 aliphatic heterocycles. The predicted octanol–water partition coefficient (Wildman–Crippen LogP) is 5.65. The Morgan fingerprint density at radius 2 is 1.95 bits per heavy atom. The minimum atomic E-state index is -0.660. The van der Waals surface area contributed by atoms with Crippen LogP contribution in [0.3, 0.4) is 0 Å². The number of benzene rings is 2. The highest BCUT2D eigenvalue weighted by Crippen LogP contribution is 2.42. The number of hydrogen-bond acceptors (Lipinski definition) is 8. The third kappa shape index (κ3) is 4.99. The number of nitrogens with one attached hydrogen (secondary N) is 2. The molecule has 198 valence electrons. The maximum Gasteiger partial charge on any atom is 0.410 e. The molecule has 0 saturated heterocycles. The third-order valence-electron chi connectivity index (χ3n) is 6.24. The second kappa shape index (κ2) is 10.7. The van der Waals surface area contributed by atoms with E-state index in [1.165, 1.54) is 30.6 Å². The summed E-state index contributed by atoms with van der Waals surface area (Å²) in [6, 6.07) is 9.50. The number of ether oxygens (including phenoxy) is 3. The molecule has 0 bridgehead atoms. The van der Waals surface area contributed by atoms with Crippen LogP contribution in [0.4, 0.5) is 9.80 Å². The van der Waals surface area contributed by atoms with Crippen molar-refractivity contribution in [2.45, 2.75) is 26.1 Å². The lowest BCUT2D eigenvalue weighted by Crippen LogP contribution is -2.39. The number of carbonyl (C=O) groups is 3. The highest BCUT2D eigenvalue weighted by molar-refractivity contribution is 7.16. The van der Waals surface area contributed by atoms with Crippen molar-refractivity contribution in [3.63, 3.8) is 0 Å². The number of hydrogen-bond donors (Lipinski definition) is 2. The molecular formula is C26H23Cl2N3O6S. The van der Waals surface area contributed by atoms with Crippen LogP contribution >= 0.6 is 34.5 Å². The Morgan fingerprint density at radius 3 is 2.68 bits per heavy atom. The fourth-order valence-corrected chi connectivity index (χ4v) is 6.19. The molecule has 0 fully saturated rings. The summed E-state index contributed by atoms with van der Waals surface area (Å²) >= 11 is 13.5. The van der Waals surface area contributed by atoms with E-state index in [4.69, 9.17) is 37.4 Å². The van der Waals surface area contributed by atoms with Gasteiger partial charge in [0.2, 0.25) is 0 Å². The molecule has 2 aromatic carbocycles. The molecule has 2 N–H and O–H groups in total. The van der Waals surface area contributed by atoms with Crippen LogP contribution in [0.5, 0.6) is 11.5 Å². The van der Waals surface area contributed by atoms with Gasteiger partial charge in [0.15, 0.2) is 11.5 Å². The van der Waals surface area contributed by atoms with Crippen LogP contribution in [0.15, 0.2) is 36.4 Å². The zero-order valence-corrected chi connectivity index (χ0v) is 22.8. The third-order valence-corrected chi connectivity index (χ3v) is 7.93. The van der Waals surface area contributed by atoms with Gasteiger partial charge in [0.25, 0.3) is 5.91 Å². The summed E-state index contributed by atoms with van der Waals surface area (Å²) in [6.07, 6.45) is -0.322. The number of thiophene rings is 1. The first-order chi connectivity index (χ1) is 18.3. The largest absolute Gasteiger partial charge is 0.493 e. The topological polar surface area (TPSA) is 106 Å². The van der Waals surface area contributed by atoms with Crippen LogP contribution in [0.25, 0.3) is 0 Å². The SMILES string of the molecule is CCOC(=O)N1CCc2c(sc3c2C(=O)N[C@@H](c2ccc(OC(=O)c4ccc(Cl)cc4Cl)c(OC)c2)N3)C1. The van der Waals surface area contributed by atoms with Gasteiger partial charge in [0, 0.05) is 16.4 Å². The summed E-state index contributed by atoms with van der Waals surface area (Å²) in [5.74, 6) is -0.357. The maximum absolute atomic E-state index is 13.1. The van der Waals surface area contributed by atoms with Gasteiger partial charge >= 0.3 is 12.1 Å². The van der Waals surface area contributed by atoms with Gasteiger partial charge in [-0.15, -0.1) is 11.3 Å². The highest BCUT2D eigenvalue weighted by Gasteiger charge is 2.35. The van der Waals surface area contributed by atoms with Gasteiger partial charge in [0.1, 0.15) is 11.2 Å². The molecule has 0 spiro atoms. The molecule has 3 aromatic rings. The number of rotatable bonds is 5. The van der Waals surface area contributed by atoms with E-state index >= 15 is 0 Å². The molecule has 2 amide bonds. The van der Waals surface area contributed by atoms with Crippen molar-refractivity contribution in [2.24, 2.45) is 0 Å². The molecule has 2 aliphatic rings. The number of methoxy groups -OCH3 is 1. The van der Waals surface area contributed by atoms with Gasteiger partial charge in [-0.1, -0.05) is 29.3 Å². The van der Waals surface area contributed by atoms with E-state index in [0.717, 1.165) is 15.4 Å². The van der Waals surface area contributed by atoms with Crippen LogP contribution in [0.1, 0.15) is 49.8 Å². The summed E-state index contributed by atoms with van der Waals surface area (Å²) in [5.41, 5.74) is 2.43. The van der Waals surface area contributed by atoms with Crippen molar-refractivity contribution in [1.29, 1.82) is 0 Å². The van der Waals surface area contributed by atoms with Gasteiger partial charge in [-0.2, -0.15) is 0 Å². The molecule has 12 heteroatoms. The van der Waals surface area contributed by atoms with E-state index < -0.39 is 12.1 Å². The number of carbonyl (C=O) groups excluding carboxylic acids is 3. The van der Waals surface area contributed by atoms with Gasteiger partial charge in [0.05, 0.1) is 36.4 Å². The number of fused-ring (bicyclic) bond motifs is 3. The Bertz CT molecular complexity index is 1440. The minimum absolute atomic E-state index is 0.166. The van der Waals surface area contributed by atoms with Crippen molar-refractivity contribution in [2.75, 3.05) is 25.6 Å². The fourth-order valence-electron chi connectivity index (χ4n) is 4.41. The molecule has 0 unspecified atom stereocenters. The first-order valence-corrected chi connectivity index (χ1v) is 13.3. The highest BCUT2D eigenvalue weighted by atomic mass is 35.5. The summed E-state index contributed by atoms with van der Waals surface area (Å²) < 4.78 is 16.1. The second-order valence-corrected chi connectivity index (χ2v) is 10.5. The summed E-state index contributed by atoms with van der Waals surface area (Å²) in [6.45, 7) is 2.97. The van der Waals surface area contributed by atoms with Crippen LogP contribution in [-0.2, 0) is 17.7 Å². The Labute approximate surface area is 232 Å². The Morgan fingerprint density at radius 1 is 1.13 bits per heavy atom. The smallest absolute Gasteiger partial charge is 0.410 e. The maximum atomic E-state index is 13.1. The number of nitrogens with zero attached hydrogens (tertiary/aromatic N) is 1. The van der Waals surface area contributed by atoms with Crippen LogP contribution in [0, 0.1) is 0 Å². The zero-order chi connectivity index (χ0) is 27.0. The van der Waals surface area contributed by atoms with Crippen molar-refractivity contribution in [1.82, 2.24) is 10.2 Å². The Balaban J connectivity index is 1.35. The molecule has 9 nitrogen and oxygen atoms in total. The first kappa shape index (κ1) is 26.1. The lowest BCUT2D eigenvalue weighted by molar-refractivity contribution is 0.0729. The Kier molecular flexibility index (Phi) is 7.38. The predicted molar refractivity (Wildman–Crippen MR) is 144 cm³/mol. The monoisotopic (exact) mass is 575 g/mol. The number of amides is 2. The van der Waals surface area contributed by atoms with E-state index in [9.17, 15) is 14.4 Å². The minimum Gasteiger partial charge on any atom is -0.493 e. The van der Waals surface area contributed by atoms with Crippen molar-refractivity contribution < 1.29 is 28.6 Å². The summed E-state index contributed by atoms with van der Waals surface area (Å²) in [4.78, 5) is 40.6. The van der Waals surface area contributed by atoms with Crippen molar-refractivity contribution in [3.05, 3.63) is 73.6 Å². The number of anilines is 1. The van der Waals surface area contributed by atoms with Crippen LogP contribution < -0.4 is 20.1 Å². The molecule has 1 aromatic heterocycles. The molecule has 3 heterocycles. The molecule has 0 aliphatic carbocycles. The standard InChI is InChI=1S/C26H23Cl2N3O6S/c1-3-36-26(34)31-9-8-16-20(12-31)38-24-21(16)23(32)29-22(30-24)13-4-7-18(19(10-13)35-2)37-25(33)15-6-5-14(27)11-17(15)28/h4-7,10-11,22,30H,3,8-9,12H2,1-2H3,(H,29,32)/t22-/m1/s1. The van der Waals surface area contributed by atoms with Crippen LogP contribution in [-0.4, -0.2) is 43.1 Å². The van der Waals surface area contributed by atoms with Gasteiger partial charge < -0.3 is 29.7 Å². The second-order valence-electron chi connectivity index (χ2n) is 8.55. The first-order valence-electron chi connectivity index (χ1n) is 11.8. The van der Waals surface area contributed by atoms with E-state index in [2.05, 4.69) is 10.6 Å². The molecular weight excluding hydrogens is 553 g/mol. The van der Waals surface area contributed by atoms with E-state index in [1.807, 2.05) is 0 Å². The van der Waals surface area contributed by atoms with Crippen molar-refractivity contribution >= 4 is 57.5 Å². The van der Waals surface area contributed by atoms with Gasteiger partial charge in [-0.25, -0.2) is 9.59 Å².